The molecule has 0 atom stereocenters. The van der Waals surface area contributed by atoms with Gasteiger partial charge in [-0.05, 0) is 36.2 Å². The highest BCUT2D eigenvalue weighted by atomic mass is 15.1. The average molecular weight is 238 g/mol. The van der Waals surface area contributed by atoms with Gasteiger partial charge >= 0.3 is 0 Å². The lowest BCUT2D eigenvalue weighted by Gasteiger charge is -2.01. The summed E-state index contributed by atoms with van der Waals surface area (Å²) in [6.07, 6.45) is 3.58. The van der Waals surface area contributed by atoms with Gasteiger partial charge in [-0.15, -0.1) is 0 Å². The van der Waals surface area contributed by atoms with E-state index in [0.717, 1.165) is 23.5 Å². The van der Waals surface area contributed by atoms with Crippen LogP contribution < -0.4 is 5.32 Å². The van der Waals surface area contributed by atoms with E-state index in [1.54, 1.807) is 12.4 Å². The summed E-state index contributed by atoms with van der Waals surface area (Å²) in [7, 11) is 0. The van der Waals surface area contributed by atoms with Crippen molar-refractivity contribution in [3.63, 3.8) is 0 Å². The maximum absolute atomic E-state index is 4.55. The standard InChI is InChI=1S/C14H14N4/c1-10-3-2-4-12-13(10)18-14(17-12)16-9-11-5-7-15-8-6-11/h2-8H,9H2,1H3,(H2,16,17,18). The maximum Gasteiger partial charge on any atom is 0.201 e. The molecule has 0 saturated heterocycles. The van der Waals surface area contributed by atoms with Crippen molar-refractivity contribution in [2.75, 3.05) is 5.32 Å². The Hall–Kier alpha value is -2.36. The highest BCUT2D eigenvalue weighted by molar-refractivity contribution is 5.80. The van der Waals surface area contributed by atoms with E-state index in [2.05, 4.69) is 33.3 Å². The third-order valence-electron chi connectivity index (χ3n) is 2.92. The summed E-state index contributed by atoms with van der Waals surface area (Å²) in [6, 6.07) is 10.1. The number of anilines is 1. The molecule has 3 aromatic rings. The molecule has 4 nitrogen and oxygen atoms in total. The summed E-state index contributed by atoms with van der Waals surface area (Å²) in [4.78, 5) is 11.8. The zero-order valence-corrected chi connectivity index (χ0v) is 10.1. The number of nitrogens with one attached hydrogen (secondary N) is 2. The number of benzene rings is 1. The molecule has 90 valence electrons. The molecule has 0 unspecified atom stereocenters. The predicted molar refractivity (Wildman–Crippen MR) is 72.4 cm³/mol. The van der Waals surface area contributed by atoms with Crippen molar-refractivity contribution in [3.8, 4) is 0 Å². The van der Waals surface area contributed by atoms with Crippen LogP contribution in [-0.4, -0.2) is 15.0 Å². The fourth-order valence-electron chi connectivity index (χ4n) is 1.95. The molecule has 0 spiro atoms. The lowest BCUT2D eigenvalue weighted by atomic mass is 10.2. The monoisotopic (exact) mass is 238 g/mol. The van der Waals surface area contributed by atoms with Gasteiger partial charge in [-0.3, -0.25) is 4.98 Å². The molecule has 1 aromatic carbocycles. The molecule has 3 rings (SSSR count). The van der Waals surface area contributed by atoms with Gasteiger partial charge in [0.1, 0.15) is 0 Å². The van der Waals surface area contributed by atoms with Crippen LogP contribution >= 0.6 is 0 Å². The molecule has 0 bridgehead atoms. The van der Waals surface area contributed by atoms with E-state index in [-0.39, 0.29) is 0 Å². The second-order valence-corrected chi connectivity index (χ2v) is 4.27. The Morgan fingerprint density at radius 1 is 1.17 bits per heavy atom. The van der Waals surface area contributed by atoms with Crippen molar-refractivity contribution in [3.05, 3.63) is 53.9 Å². The molecule has 0 radical (unpaired) electrons. The highest BCUT2D eigenvalue weighted by Gasteiger charge is 2.03. The first kappa shape index (κ1) is 10.8. The Morgan fingerprint density at radius 2 is 2.00 bits per heavy atom. The average Bonchev–Trinajstić information content (AvgIpc) is 2.82. The Kier molecular flexibility index (Phi) is 2.68. The molecule has 2 N–H and O–H groups in total. The minimum absolute atomic E-state index is 0.737. The molecule has 18 heavy (non-hydrogen) atoms. The lowest BCUT2D eigenvalue weighted by Crippen LogP contribution is -2.00. The fourth-order valence-corrected chi connectivity index (χ4v) is 1.95. The van der Waals surface area contributed by atoms with Gasteiger partial charge in [-0.2, -0.15) is 0 Å². The Bertz CT molecular complexity index is 658. The van der Waals surface area contributed by atoms with Gasteiger partial charge in [-0.25, -0.2) is 4.98 Å². The second kappa shape index (κ2) is 4.49. The molecular formula is C14H14N4. The first-order chi connectivity index (χ1) is 8.83. The third-order valence-corrected chi connectivity index (χ3v) is 2.92. The second-order valence-electron chi connectivity index (χ2n) is 4.27. The first-order valence-electron chi connectivity index (χ1n) is 5.91. The zero-order valence-electron chi connectivity index (χ0n) is 10.1. The summed E-state index contributed by atoms with van der Waals surface area (Å²) >= 11 is 0. The van der Waals surface area contributed by atoms with Crippen molar-refractivity contribution in [2.45, 2.75) is 13.5 Å². The van der Waals surface area contributed by atoms with Crippen LogP contribution in [0.25, 0.3) is 11.0 Å². The summed E-state index contributed by atoms with van der Waals surface area (Å²) < 4.78 is 0. The van der Waals surface area contributed by atoms with Crippen LogP contribution in [0.1, 0.15) is 11.1 Å². The predicted octanol–water partition coefficient (Wildman–Crippen LogP) is 2.88. The van der Waals surface area contributed by atoms with E-state index < -0.39 is 0 Å². The Labute approximate surface area is 105 Å². The number of fused-ring (bicyclic) bond motifs is 1. The minimum atomic E-state index is 0.737. The van der Waals surface area contributed by atoms with E-state index >= 15 is 0 Å². The molecule has 0 aliphatic rings. The molecule has 0 aliphatic carbocycles. The molecule has 2 heterocycles. The van der Waals surface area contributed by atoms with Crippen molar-refractivity contribution in [1.29, 1.82) is 0 Å². The number of hydrogen-bond acceptors (Lipinski definition) is 3. The number of pyridine rings is 1. The number of imidazole rings is 1. The lowest BCUT2D eigenvalue weighted by molar-refractivity contribution is 1.09. The number of H-pyrrole nitrogens is 1. The number of aromatic amines is 1. The molecule has 4 heteroatoms. The molecule has 2 aromatic heterocycles. The van der Waals surface area contributed by atoms with Crippen molar-refractivity contribution >= 4 is 17.0 Å². The van der Waals surface area contributed by atoms with Crippen LogP contribution in [-0.2, 0) is 6.54 Å². The van der Waals surface area contributed by atoms with Crippen molar-refractivity contribution < 1.29 is 0 Å². The van der Waals surface area contributed by atoms with Crippen molar-refractivity contribution in [1.82, 2.24) is 15.0 Å². The smallest absolute Gasteiger partial charge is 0.201 e. The summed E-state index contributed by atoms with van der Waals surface area (Å²) in [5.41, 5.74) is 4.45. The SMILES string of the molecule is Cc1cccc2[nH]c(NCc3ccncc3)nc12. The van der Waals surface area contributed by atoms with Gasteiger partial charge in [0.25, 0.3) is 0 Å². The van der Waals surface area contributed by atoms with Crippen LogP contribution in [0.3, 0.4) is 0 Å². The van der Waals surface area contributed by atoms with E-state index in [1.807, 2.05) is 24.3 Å². The van der Waals surface area contributed by atoms with Crippen LogP contribution in [0, 0.1) is 6.92 Å². The highest BCUT2D eigenvalue weighted by Crippen LogP contribution is 2.17. The zero-order chi connectivity index (χ0) is 12.4. The summed E-state index contributed by atoms with van der Waals surface area (Å²) in [6.45, 7) is 2.80. The van der Waals surface area contributed by atoms with Crippen LogP contribution in [0.4, 0.5) is 5.95 Å². The number of para-hydroxylation sites is 1. The molecule has 0 fully saturated rings. The van der Waals surface area contributed by atoms with Gasteiger partial charge in [-0.1, -0.05) is 12.1 Å². The number of hydrogen-bond donors (Lipinski definition) is 2. The van der Waals surface area contributed by atoms with E-state index in [9.17, 15) is 0 Å². The van der Waals surface area contributed by atoms with Crippen LogP contribution in [0.5, 0.6) is 0 Å². The van der Waals surface area contributed by atoms with E-state index in [4.69, 9.17) is 0 Å². The van der Waals surface area contributed by atoms with Crippen LogP contribution in [0.2, 0.25) is 0 Å². The van der Waals surface area contributed by atoms with Gasteiger partial charge < -0.3 is 10.3 Å². The summed E-state index contributed by atoms with van der Waals surface area (Å²) in [5, 5.41) is 3.28. The number of aryl methyl sites for hydroxylation is 1. The van der Waals surface area contributed by atoms with Gasteiger partial charge in [0, 0.05) is 18.9 Å². The quantitative estimate of drug-likeness (QED) is 0.737. The molecule has 0 amide bonds. The third kappa shape index (κ3) is 2.05. The number of rotatable bonds is 3. The topological polar surface area (TPSA) is 53.6 Å². The van der Waals surface area contributed by atoms with Crippen molar-refractivity contribution in [2.24, 2.45) is 0 Å². The first-order valence-corrected chi connectivity index (χ1v) is 5.91. The van der Waals surface area contributed by atoms with Gasteiger partial charge in [0.15, 0.2) is 0 Å². The Morgan fingerprint density at radius 3 is 2.78 bits per heavy atom. The molecular weight excluding hydrogens is 224 g/mol. The van der Waals surface area contributed by atoms with Gasteiger partial charge in [0.05, 0.1) is 11.0 Å². The minimum Gasteiger partial charge on any atom is -0.352 e. The maximum atomic E-state index is 4.55. The number of aromatic nitrogens is 3. The van der Waals surface area contributed by atoms with Gasteiger partial charge in [0.2, 0.25) is 5.95 Å². The number of nitrogens with zero attached hydrogens (tertiary/aromatic N) is 2. The Balaban J connectivity index is 1.81. The molecule has 0 aliphatic heterocycles. The van der Waals surface area contributed by atoms with E-state index in [0.29, 0.717) is 0 Å². The fraction of sp³-hybridized carbons (Fsp3) is 0.143. The largest absolute Gasteiger partial charge is 0.352 e. The van der Waals surface area contributed by atoms with E-state index in [1.165, 1.54) is 11.1 Å². The molecule has 0 saturated carbocycles. The summed E-state index contributed by atoms with van der Waals surface area (Å²) in [5.74, 6) is 0.802. The normalized spacial score (nSPS) is 10.7. The van der Waals surface area contributed by atoms with Crippen LogP contribution in [0.15, 0.2) is 42.7 Å².